The van der Waals surface area contributed by atoms with Crippen molar-refractivity contribution in [3.05, 3.63) is 104 Å². The normalized spacial score (nSPS) is 12.8. The van der Waals surface area contributed by atoms with Crippen LogP contribution in [-0.4, -0.2) is 12.7 Å². The quantitative estimate of drug-likeness (QED) is 0.186. The fraction of sp³-hybridized carbons (Fsp3) is 0.0556. The maximum Gasteiger partial charge on any atom is 0.573 e. The van der Waals surface area contributed by atoms with Gasteiger partial charge >= 0.3 is 12.7 Å². The first-order valence-electron chi connectivity index (χ1n) is 14.1. The van der Waals surface area contributed by atoms with E-state index < -0.39 is 125 Å². The second-order valence-corrected chi connectivity index (χ2v) is 10.5. The highest BCUT2D eigenvalue weighted by Crippen LogP contribution is 2.57. The predicted molar refractivity (Wildman–Crippen MR) is 163 cm³/mol. The first kappa shape index (κ1) is 36.9. The number of fused-ring (bicyclic) bond motifs is 2. The minimum Gasteiger partial charge on any atom is -0.404 e. The molecule has 0 heterocycles. The molecule has 0 atom stereocenters. The van der Waals surface area contributed by atoms with Crippen molar-refractivity contribution in [2.75, 3.05) is 0 Å². The molecule has 0 fully saturated rings. The van der Waals surface area contributed by atoms with Gasteiger partial charge in [-0.1, -0.05) is 12.1 Å². The summed E-state index contributed by atoms with van der Waals surface area (Å²) in [5.74, 6) is -5.27. The molecule has 2 aliphatic carbocycles. The third-order valence-electron chi connectivity index (χ3n) is 7.78. The van der Waals surface area contributed by atoms with E-state index in [0.29, 0.717) is 12.1 Å². The largest absolute Gasteiger partial charge is 0.573 e. The molecule has 0 aliphatic heterocycles. The van der Waals surface area contributed by atoms with Crippen LogP contribution in [0.3, 0.4) is 0 Å². The van der Waals surface area contributed by atoms with Crippen LogP contribution in [0.15, 0.2) is 47.5 Å². The number of hydrogen-bond acceptors (Lipinski definition) is 10. The minimum atomic E-state index is -5.27. The Kier molecular flexibility index (Phi) is 9.12. The summed E-state index contributed by atoms with van der Waals surface area (Å²) in [7, 11) is 0. The highest BCUT2D eigenvalue weighted by atomic mass is 19.4. The van der Waals surface area contributed by atoms with Gasteiger partial charge in [-0.15, -0.1) is 26.3 Å². The summed E-state index contributed by atoms with van der Waals surface area (Å²) in [5, 5.41) is 79.3. The second-order valence-electron chi connectivity index (χ2n) is 10.5. The van der Waals surface area contributed by atoms with Crippen LogP contribution in [0.4, 0.5) is 35.1 Å². The van der Waals surface area contributed by atoms with Crippen molar-refractivity contribution in [3.8, 4) is 60.1 Å². The Bertz CT molecular complexity index is 2530. The van der Waals surface area contributed by atoms with Crippen molar-refractivity contribution >= 4 is 33.4 Å². The van der Waals surface area contributed by atoms with Crippen LogP contribution in [-0.2, 0) is 0 Å². The fourth-order valence-corrected chi connectivity index (χ4v) is 5.93. The lowest BCUT2D eigenvalue weighted by molar-refractivity contribution is -0.275. The first-order valence-corrected chi connectivity index (χ1v) is 14.1. The van der Waals surface area contributed by atoms with Gasteiger partial charge in [-0.2, -0.15) is 42.1 Å². The van der Waals surface area contributed by atoms with Gasteiger partial charge in [0.1, 0.15) is 82.8 Å². The summed E-state index contributed by atoms with van der Waals surface area (Å²) >= 11 is 0. The van der Waals surface area contributed by atoms with Gasteiger partial charge < -0.3 is 9.47 Å². The Morgan fingerprint density at radius 3 is 1.07 bits per heavy atom. The zero-order valence-electron chi connectivity index (χ0n) is 25.9. The van der Waals surface area contributed by atoms with Crippen molar-refractivity contribution in [1.29, 1.82) is 42.1 Å². The summed E-state index contributed by atoms with van der Waals surface area (Å²) in [6.45, 7) is 0. The number of ether oxygens (including phenoxy) is 2. The van der Waals surface area contributed by atoms with Crippen LogP contribution >= 0.6 is 0 Å². The molecule has 0 saturated carbocycles. The Balaban J connectivity index is 1.93. The highest BCUT2D eigenvalue weighted by Gasteiger charge is 2.44. The van der Waals surface area contributed by atoms with E-state index in [0.717, 1.165) is 24.3 Å². The molecule has 2 aliphatic rings. The van der Waals surface area contributed by atoms with E-state index in [9.17, 15) is 68.4 Å². The van der Waals surface area contributed by atoms with E-state index in [-0.39, 0.29) is 0 Å². The molecule has 3 aromatic rings. The van der Waals surface area contributed by atoms with Gasteiger partial charge in [0.25, 0.3) is 0 Å². The van der Waals surface area contributed by atoms with Crippen molar-refractivity contribution in [2.45, 2.75) is 12.7 Å². The summed E-state index contributed by atoms with van der Waals surface area (Å²) in [5.41, 5.74) is -12.8. The van der Waals surface area contributed by atoms with E-state index in [1.165, 1.54) is 36.4 Å². The molecule has 0 spiro atoms. The predicted octanol–water partition coefficient (Wildman–Crippen LogP) is 8.00. The van der Waals surface area contributed by atoms with Gasteiger partial charge in [0, 0.05) is 44.5 Å². The molecule has 0 N–H and O–H groups in total. The number of alkyl halides is 6. The lowest BCUT2D eigenvalue weighted by Crippen LogP contribution is -2.17. The van der Waals surface area contributed by atoms with Crippen LogP contribution in [0, 0.1) is 102 Å². The Morgan fingerprint density at radius 2 is 0.815 bits per heavy atom. The van der Waals surface area contributed by atoms with Crippen LogP contribution in [0.2, 0.25) is 0 Å². The molecule has 54 heavy (non-hydrogen) atoms. The monoisotopic (exact) mass is 734 g/mol. The topological polar surface area (TPSA) is 209 Å². The smallest absolute Gasteiger partial charge is 0.404 e. The number of benzene rings is 3. The van der Waals surface area contributed by atoms with Crippen molar-refractivity contribution in [3.63, 3.8) is 0 Å². The van der Waals surface area contributed by atoms with Gasteiger partial charge in [-0.3, -0.25) is 0 Å². The van der Waals surface area contributed by atoms with E-state index in [1.807, 2.05) is 0 Å². The molecule has 0 amide bonds. The maximum absolute atomic E-state index is 17.2. The molecule has 0 bridgehead atoms. The molecular formula is C36H6F8N8O2. The highest BCUT2D eigenvalue weighted by molar-refractivity contribution is 6.30. The number of nitriles is 8. The molecule has 0 aromatic heterocycles. The number of allylic oxidation sites excluding steroid dienone is 8. The molecule has 0 saturated heterocycles. The van der Waals surface area contributed by atoms with Crippen LogP contribution in [0.1, 0.15) is 44.5 Å². The van der Waals surface area contributed by atoms with Gasteiger partial charge in [0.15, 0.2) is 0 Å². The van der Waals surface area contributed by atoms with Gasteiger partial charge in [-0.25, -0.2) is 8.78 Å². The molecule has 0 radical (unpaired) electrons. The summed E-state index contributed by atoms with van der Waals surface area (Å²) in [6.07, 6.45) is -10.5. The van der Waals surface area contributed by atoms with Crippen molar-refractivity contribution < 1.29 is 44.6 Å². The maximum atomic E-state index is 17.2. The van der Waals surface area contributed by atoms with Gasteiger partial charge in [-0.05, 0) is 35.4 Å². The Labute approximate surface area is 296 Å². The van der Waals surface area contributed by atoms with E-state index >= 15 is 8.78 Å². The molecule has 258 valence electrons. The third-order valence-corrected chi connectivity index (χ3v) is 7.78. The lowest BCUT2D eigenvalue weighted by atomic mass is 9.88. The lowest BCUT2D eigenvalue weighted by Gasteiger charge is -2.15. The third kappa shape index (κ3) is 5.91. The van der Waals surface area contributed by atoms with Crippen LogP contribution in [0.25, 0.3) is 33.4 Å². The summed E-state index contributed by atoms with van der Waals surface area (Å²) in [6, 6.07) is 16.3. The number of hydrogen-bond donors (Lipinski definition) is 0. The summed E-state index contributed by atoms with van der Waals surface area (Å²) < 4.78 is 120. The van der Waals surface area contributed by atoms with E-state index in [1.54, 1.807) is 12.1 Å². The van der Waals surface area contributed by atoms with Crippen LogP contribution < -0.4 is 9.47 Å². The van der Waals surface area contributed by atoms with Gasteiger partial charge in [0.2, 0.25) is 0 Å². The van der Waals surface area contributed by atoms with Crippen molar-refractivity contribution in [2.24, 2.45) is 0 Å². The number of rotatable bonds is 4. The Morgan fingerprint density at radius 1 is 0.481 bits per heavy atom. The number of halogens is 8. The summed E-state index contributed by atoms with van der Waals surface area (Å²) in [4.78, 5) is 0. The molecule has 5 rings (SSSR count). The average Bonchev–Trinajstić information content (AvgIpc) is 3.65. The standard InChI is InChI=1S/C36H6F8N8O2/c37-33-29-21(13-51)25(15-1-3-23(17(5-15)7-45)53-35(39,40)41)27(19(9-47)10-48)31(29)34(38)30-22(14-52)26(28(32(30)33)20(11-49)12-50)16-2-4-24(18(6-16)8-46)54-36(42,43)44/h1-6H. The van der Waals surface area contributed by atoms with E-state index in [4.69, 9.17) is 0 Å². The minimum absolute atomic E-state index is 0.404. The zero-order valence-corrected chi connectivity index (χ0v) is 25.9. The van der Waals surface area contributed by atoms with Crippen molar-refractivity contribution in [1.82, 2.24) is 0 Å². The molecule has 0 unspecified atom stereocenters. The van der Waals surface area contributed by atoms with Gasteiger partial charge in [0.05, 0.1) is 22.3 Å². The second kappa shape index (κ2) is 13.4. The number of nitrogens with zero attached hydrogens (tertiary/aromatic N) is 8. The molecule has 10 nitrogen and oxygen atoms in total. The van der Waals surface area contributed by atoms with Crippen LogP contribution in [0.5, 0.6) is 11.5 Å². The molecule has 3 aromatic carbocycles. The van der Waals surface area contributed by atoms with E-state index in [2.05, 4.69) is 9.47 Å². The zero-order chi connectivity index (χ0) is 39.9. The molecular weight excluding hydrogens is 728 g/mol. The fourth-order valence-electron chi connectivity index (χ4n) is 5.93. The first-order chi connectivity index (χ1) is 25.5. The average molecular weight is 734 g/mol. The Hall–Kier alpha value is -8.42. The SMILES string of the molecule is N#CC(C#N)=C1C(c2ccc(OC(F)(F)F)c(C#N)c2)=C(C#N)c2c(F)c3c(c(F)c21)C(C#N)=C(c1ccc(OC(F)(F)F)c(C#N)c1)C3=C(C#N)C#N. The molecule has 18 heteroatoms.